The van der Waals surface area contributed by atoms with Gasteiger partial charge in [-0.15, -0.1) is 0 Å². The van der Waals surface area contributed by atoms with Gasteiger partial charge in [0.1, 0.15) is 11.5 Å². The van der Waals surface area contributed by atoms with Crippen molar-refractivity contribution in [3.05, 3.63) is 120 Å². The number of hydrogen-bond acceptors (Lipinski definition) is 7. The van der Waals surface area contributed by atoms with Gasteiger partial charge in [0, 0.05) is 42.6 Å². The first-order valence-corrected chi connectivity index (χ1v) is 16.2. The predicted octanol–water partition coefficient (Wildman–Crippen LogP) is 7.52. The average Bonchev–Trinajstić information content (AvgIpc) is 3.53. The van der Waals surface area contributed by atoms with Crippen LogP contribution in [0.15, 0.2) is 103 Å². The second-order valence-corrected chi connectivity index (χ2v) is 12.2. The second kappa shape index (κ2) is 15.6. The van der Waals surface area contributed by atoms with Crippen molar-refractivity contribution in [2.45, 2.75) is 50.9 Å². The van der Waals surface area contributed by atoms with Crippen molar-refractivity contribution in [2.24, 2.45) is 5.92 Å². The molecule has 3 N–H and O–H groups in total. The summed E-state index contributed by atoms with van der Waals surface area (Å²) in [4.78, 5) is 15.4. The van der Waals surface area contributed by atoms with Crippen LogP contribution in [0.5, 0.6) is 11.5 Å². The van der Waals surface area contributed by atoms with Crippen LogP contribution < -0.4 is 15.4 Å². The molecule has 5 unspecified atom stereocenters. The number of amides is 2. The lowest BCUT2D eigenvalue weighted by Gasteiger charge is -2.43. The maximum atomic E-state index is 13.0. The fourth-order valence-electron chi connectivity index (χ4n) is 6.36. The van der Waals surface area contributed by atoms with E-state index in [0.29, 0.717) is 29.8 Å². The fraction of sp³-hybridized carbons (Fsp3) is 0.342. The number of carbonyl (C=O) groups excluding carboxylic acids is 1. The molecule has 2 aliphatic heterocycles. The number of aliphatic hydroxyl groups is 1. The van der Waals surface area contributed by atoms with Crippen molar-refractivity contribution < 1.29 is 28.8 Å². The molecule has 9 nitrogen and oxygen atoms in total. The Hall–Kier alpha value is -4.25. The van der Waals surface area contributed by atoms with Crippen LogP contribution in [-0.4, -0.2) is 55.0 Å². The Morgan fingerprint density at radius 3 is 2.36 bits per heavy atom. The Labute approximate surface area is 276 Å². The van der Waals surface area contributed by atoms with Gasteiger partial charge in [-0.05, 0) is 79.0 Å². The van der Waals surface area contributed by atoms with Crippen LogP contribution in [0.25, 0.3) is 0 Å². The van der Waals surface area contributed by atoms with E-state index in [2.05, 4.69) is 22.5 Å². The van der Waals surface area contributed by atoms with Crippen LogP contribution in [0.2, 0.25) is 0 Å². The van der Waals surface area contributed by atoms with E-state index >= 15 is 0 Å². The SMILES string of the molecule is COCC1CCCN1CC1OC(c2cccc(NC(=O)Nc3ccc(Oc4ccccc4)cc3)c2)OC(c2ccc(CO)cc2)C1C. The lowest BCUT2D eigenvalue weighted by atomic mass is 9.90. The minimum atomic E-state index is -0.635. The summed E-state index contributed by atoms with van der Waals surface area (Å²) >= 11 is 0. The molecular formula is C38H43N3O6. The van der Waals surface area contributed by atoms with Gasteiger partial charge >= 0.3 is 6.03 Å². The molecule has 0 saturated carbocycles. The van der Waals surface area contributed by atoms with Gasteiger partial charge < -0.3 is 34.7 Å². The first-order chi connectivity index (χ1) is 23.0. The number of para-hydroxylation sites is 1. The van der Waals surface area contributed by atoms with Crippen molar-refractivity contribution in [3.8, 4) is 11.5 Å². The highest BCUT2D eigenvalue weighted by Gasteiger charge is 2.40. The number of aliphatic hydroxyl groups excluding tert-OH is 1. The molecule has 0 radical (unpaired) electrons. The number of rotatable bonds is 11. The number of carbonyl (C=O) groups is 1. The summed E-state index contributed by atoms with van der Waals surface area (Å²) in [5.74, 6) is 1.50. The third-order valence-corrected chi connectivity index (χ3v) is 8.90. The zero-order chi connectivity index (χ0) is 32.6. The van der Waals surface area contributed by atoms with E-state index in [9.17, 15) is 9.90 Å². The molecule has 246 valence electrons. The van der Waals surface area contributed by atoms with Crippen LogP contribution in [0.1, 0.15) is 48.8 Å². The number of ether oxygens (including phenoxy) is 4. The number of urea groups is 1. The number of benzene rings is 4. The summed E-state index contributed by atoms with van der Waals surface area (Å²) in [6.07, 6.45) is 1.31. The molecule has 0 spiro atoms. The van der Waals surface area contributed by atoms with E-state index in [1.807, 2.05) is 91.0 Å². The van der Waals surface area contributed by atoms with Crippen molar-refractivity contribution in [2.75, 3.05) is 37.4 Å². The minimum absolute atomic E-state index is 0.00702. The summed E-state index contributed by atoms with van der Waals surface area (Å²) in [5.41, 5.74) is 3.97. The Bertz CT molecular complexity index is 1580. The minimum Gasteiger partial charge on any atom is -0.457 e. The third-order valence-electron chi connectivity index (χ3n) is 8.90. The highest BCUT2D eigenvalue weighted by Crippen LogP contribution is 2.42. The van der Waals surface area contributed by atoms with Crippen LogP contribution in [0.3, 0.4) is 0 Å². The number of nitrogens with zero attached hydrogens (tertiary/aromatic N) is 1. The molecule has 4 aromatic carbocycles. The van der Waals surface area contributed by atoms with Crippen molar-refractivity contribution in [1.82, 2.24) is 4.90 Å². The molecule has 0 bridgehead atoms. The number of methoxy groups -OCH3 is 1. The average molecular weight is 638 g/mol. The largest absolute Gasteiger partial charge is 0.457 e. The summed E-state index contributed by atoms with van der Waals surface area (Å²) in [6, 6.07) is 32.3. The maximum Gasteiger partial charge on any atom is 0.323 e. The molecule has 2 amide bonds. The highest BCUT2D eigenvalue weighted by atomic mass is 16.7. The summed E-state index contributed by atoms with van der Waals surface area (Å²) in [6.45, 7) is 4.66. The Morgan fingerprint density at radius 1 is 0.872 bits per heavy atom. The van der Waals surface area contributed by atoms with Crippen LogP contribution in [0.4, 0.5) is 16.2 Å². The predicted molar refractivity (Wildman–Crippen MR) is 181 cm³/mol. The van der Waals surface area contributed by atoms with Crippen LogP contribution in [0, 0.1) is 5.92 Å². The molecule has 2 saturated heterocycles. The number of nitrogens with one attached hydrogen (secondary N) is 2. The van der Waals surface area contributed by atoms with Gasteiger partial charge in [0.15, 0.2) is 6.29 Å². The normalized spacial score (nSPS) is 22.9. The molecule has 0 aliphatic carbocycles. The molecule has 47 heavy (non-hydrogen) atoms. The van der Waals surface area contributed by atoms with E-state index in [1.54, 1.807) is 19.2 Å². The zero-order valence-corrected chi connectivity index (χ0v) is 26.9. The lowest BCUT2D eigenvalue weighted by Crippen LogP contribution is -2.46. The maximum absolute atomic E-state index is 13.0. The van der Waals surface area contributed by atoms with Crippen molar-refractivity contribution in [1.29, 1.82) is 0 Å². The van der Waals surface area contributed by atoms with Gasteiger partial charge in [-0.1, -0.05) is 61.5 Å². The summed E-state index contributed by atoms with van der Waals surface area (Å²) in [5, 5.41) is 15.4. The third kappa shape index (κ3) is 8.38. The standard InChI is InChI=1S/C38H43N3O6/c1-26-35(23-41-21-7-10-32(41)25-44-2)46-37(47-36(26)28-15-13-27(24-42)14-16-28)29-8-6-9-31(22-29)40-38(43)39-30-17-19-34(20-18-30)45-33-11-4-3-5-12-33/h3-6,8-9,11-20,22,26,32,35-37,42H,7,10,21,23-25H2,1-2H3,(H2,39,40,43). The first-order valence-electron chi connectivity index (χ1n) is 16.2. The van der Waals surface area contributed by atoms with Gasteiger partial charge in [-0.25, -0.2) is 4.79 Å². The van der Waals surface area contributed by atoms with E-state index < -0.39 is 6.29 Å². The first kappa shape index (κ1) is 32.7. The molecular weight excluding hydrogens is 594 g/mol. The topological polar surface area (TPSA) is 102 Å². The molecule has 0 aromatic heterocycles. The Balaban J connectivity index is 1.14. The lowest BCUT2D eigenvalue weighted by molar-refractivity contribution is -0.276. The Morgan fingerprint density at radius 2 is 1.62 bits per heavy atom. The molecule has 4 aromatic rings. The van der Waals surface area contributed by atoms with E-state index in [1.165, 1.54) is 0 Å². The molecule has 9 heteroatoms. The smallest absolute Gasteiger partial charge is 0.323 e. The van der Waals surface area contributed by atoms with E-state index in [0.717, 1.165) is 48.4 Å². The number of anilines is 2. The van der Waals surface area contributed by atoms with Gasteiger partial charge in [-0.2, -0.15) is 0 Å². The molecule has 5 atom stereocenters. The molecule has 2 fully saturated rings. The van der Waals surface area contributed by atoms with Crippen molar-refractivity contribution >= 4 is 17.4 Å². The molecule has 2 aliphatic rings. The number of hydrogen-bond donors (Lipinski definition) is 3. The van der Waals surface area contributed by atoms with Crippen LogP contribution in [-0.2, 0) is 20.8 Å². The van der Waals surface area contributed by atoms with Gasteiger partial charge in [-0.3, -0.25) is 4.90 Å². The zero-order valence-electron chi connectivity index (χ0n) is 26.9. The van der Waals surface area contributed by atoms with E-state index in [-0.39, 0.29) is 30.8 Å². The number of likely N-dealkylation sites (tertiary alicyclic amines) is 1. The Kier molecular flexibility index (Phi) is 10.8. The fourth-order valence-corrected chi connectivity index (χ4v) is 6.36. The second-order valence-electron chi connectivity index (χ2n) is 12.2. The monoisotopic (exact) mass is 637 g/mol. The highest BCUT2D eigenvalue weighted by molar-refractivity contribution is 5.99. The molecule has 2 heterocycles. The summed E-state index contributed by atoms with van der Waals surface area (Å²) in [7, 11) is 1.76. The van der Waals surface area contributed by atoms with E-state index in [4.69, 9.17) is 18.9 Å². The van der Waals surface area contributed by atoms with Crippen LogP contribution >= 0.6 is 0 Å². The quantitative estimate of drug-likeness (QED) is 0.156. The van der Waals surface area contributed by atoms with Gasteiger partial charge in [0.2, 0.25) is 0 Å². The van der Waals surface area contributed by atoms with Gasteiger partial charge in [0.05, 0.1) is 25.4 Å². The van der Waals surface area contributed by atoms with Crippen molar-refractivity contribution in [3.63, 3.8) is 0 Å². The van der Waals surface area contributed by atoms with Gasteiger partial charge in [0.25, 0.3) is 0 Å². The molecule has 6 rings (SSSR count). The summed E-state index contributed by atoms with van der Waals surface area (Å²) < 4.78 is 24.7.